The second kappa shape index (κ2) is 6.22. The summed E-state index contributed by atoms with van der Waals surface area (Å²) in [5, 5.41) is 7.05. The summed E-state index contributed by atoms with van der Waals surface area (Å²) in [5.41, 5.74) is 0. The van der Waals surface area contributed by atoms with Gasteiger partial charge in [0.25, 0.3) is 0 Å². The Balaban J connectivity index is 1.30. The lowest BCUT2D eigenvalue weighted by atomic mass is 10.0. The number of amides is 1. The van der Waals surface area contributed by atoms with Crippen molar-refractivity contribution in [1.29, 1.82) is 0 Å². The van der Waals surface area contributed by atoms with E-state index in [4.69, 9.17) is 4.74 Å². The molecule has 0 bridgehead atoms. The third-order valence-electron chi connectivity index (χ3n) is 5.15. The standard InChI is InChI=1S/C16H25N5O2/c1-19-5-4-15(18-19)17-16(22)9-20-6-7-21-13(8-20)10-23-11-14(21)12-2-3-12/h4-5,12-14H,2-3,6-11H2,1H3,(H,17,18,22)/t13-,14-/m1/s1. The van der Waals surface area contributed by atoms with E-state index >= 15 is 0 Å². The van der Waals surface area contributed by atoms with E-state index in [1.165, 1.54) is 12.8 Å². The first-order valence-corrected chi connectivity index (χ1v) is 8.54. The van der Waals surface area contributed by atoms with Crippen molar-refractivity contribution in [2.45, 2.75) is 24.9 Å². The van der Waals surface area contributed by atoms with Gasteiger partial charge in [-0.15, -0.1) is 0 Å². The zero-order chi connectivity index (χ0) is 15.8. The number of carbonyl (C=O) groups is 1. The van der Waals surface area contributed by atoms with Crippen LogP contribution in [0.3, 0.4) is 0 Å². The van der Waals surface area contributed by atoms with Crippen LogP contribution in [0.1, 0.15) is 12.8 Å². The van der Waals surface area contributed by atoms with Crippen molar-refractivity contribution in [3.05, 3.63) is 12.3 Å². The molecular formula is C16H25N5O2. The van der Waals surface area contributed by atoms with E-state index in [1.807, 2.05) is 19.3 Å². The van der Waals surface area contributed by atoms with Crippen LogP contribution in [-0.4, -0.2) is 77.0 Å². The van der Waals surface area contributed by atoms with E-state index in [0.717, 1.165) is 38.8 Å². The minimum atomic E-state index is 0.00706. The second-order valence-electron chi connectivity index (χ2n) is 6.99. The first kappa shape index (κ1) is 15.1. The molecule has 0 radical (unpaired) electrons. The van der Waals surface area contributed by atoms with Gasteiger partial charge in [0.15, 0.2) is 5.82 Å². The first-order valence-electron chi connectivity index (χ1n) is 8.54. The number of piperazine rings is 1. The average molecular weight is 319 g/mol. The van der Waals surface area contributed by atoms with Gasteiger partial charge in [0.2, 0.25) is 5.91 Å². The van der Waals surface area contributed by atoms with Crippen molar-refractivity contribution < 1.29 is 9.53 Å². The minimum Gasteiger partial charge on any atom is -0.378 e. The second-order valence-corrected chi connectivity index (χ2v) is 6.99. The number of hydrogen-bond donors (Lipinski definition) is 1. The number of rotatable bonds is 4. The average Bonchev–Trinajstić information content (AvgIpc) is 3.30. The molecule has 126 valence electrons. The topological polar surface area (TPSA) is 62.6 Å². The van der Waals surface area contributed by atoms with Crippen LogP contribution in [0.15, 0.2) is 12.3 Å². The summed E-state index contributed by atoms with van der Waals surface area (Å²) >= 11 is 0. The zero-order valence-corrected chi connectivity index (χ0v) is 13.6. The number of carbonyl (C=O) groups excluding carboxylic acids is 1. The number of aryl methyl sites for hydroxylation is 1. The third kappa shape index (κ3) is 3.41. The monoisotopic (exact) mass is 319 g/mol. The minimum absolute atomic E-state index is 0.00706. The molecule has 7 heteroatoms. The predicted octanol–water partition coefficient (Wildman–Crippen LogP) is 0.154. The summed E-state index contributed by atoms with van der Waals surface area (Å²) in [6, 6.07) is 2.86. The van der Waals surface area contributed by atoms with Crippen LogP contribution < -0.4 is 5.32 Å². The molecule has 1 aromatic rings. The predicted molar refractivity (Wildman–Crippen MR) is 86.1 cm³/mol. The molecule has 0 unspecified atom stereocenters. The van der Waals surface area contributed by atoms with Gasteiger partial charge < -0.3 is 10.1 Å². The van der Waals surface area contributed by atoms with Crippen molar-refractivity contribution in [2.24, 2.45) is 13.0 Å². The van der Waals surface area contributed by atoms with E-state index in [-0.39, 0.29) is 5.91 Å². The van der Waals surface area contributed by atoms with Crippen LogP contribution in [0, 0.1) is 5.92 Å². The van der Waals surface area contributed by atoms with Crippen molar-refractivity contribution in [3.8, 4) is 0 Å². The summed E-state index contributed by atoms with van der Waals surface area (Å²) in [6.07, 6.45) is 4.53. The smallest absolute Gasteiger partial charge is 0.239 e. The molecule has 4 rings (SSSR count). The highest BCUT2D eigenvalue weighted by molar-refractivity contribution is 5.91. The third-order valence-corrected chi connectivity index (χ3v) is 5.15. The van der Waals surface area contributed by atoms with E-state index in [2.05, 4.69) is 20.2 Å². The van der Waals surface area contributed by atoms with Crippen molar-refractivity contribution in [2.75, 3.05) is 44.7 Å². The van der Waals surface area contributed by atoms with Gasteiger partial charge in [0, 0.05) is 51.0 Å². The molecule has 0 spiro atoms. The SMILES string of the molecule is Cn1ccc(NC(=O)CN2CCN3[C@@H](COC[C@@H]3C3CC3)C2)n1. The van der Waals surface area contributed by atoms with Gasteiger partial charge in [-0.05, 0) is 18.8 Å². The van der Waals surface area contributed by atoms with E-state index in [1.54, 1.807) is 4.68 Å². The van der Waals surface area contributed by atoms with Crippen molar-refractivity contribution >= 4 is 11.7 Å². The van der Waals surface area contributed by atoms with Crippen molar-refractivity contribution in [1.82, 2.24) is 19.6 Å². The molecular weight excluding hydrogens is 294 g/mol. The van der Waals surface area contributed by atoms with Gasteiger partial charge in [-0.3, -0.25) is 19.3 Å². The van der Waals surface area contributed by atoms with E-state index < -0.39 is 0 Å². The number of anilines is 1. The maximum atomic E-state index is 12.2. The van der Waals surface area contributed by atoms with Crippen LogP contribution in [0.25, 0.3) is 0 Å². The molecule has 1 amide bonds. The Morgan fingerprint density at radius 2 is 2.26 bits per heavy atom. The maximum Gasteiger partial charge on any atom is 0.239 e. The molecule has 7 nitrogen and oxygen atoms in total. The van der Waals surface area contributed by atoms with E-state index in [0.29, 0.717) is 24.4 Å². The first-order chi connectivity index (χ1) is 11.2. The van der Waals surface area contributed by atoms with Crippen LogP contribution in [-0.2, 0) is 16.6 Å². The van der Waals surface area contributed by atoms with Gasteiger partial charge in [-0.1, -0.05) is 0 Å². The highest BCUT2D eigenvalue weighted by Crippen LogP contribution is 2.38. The lowest BCUT2D eigenvalue weighted by Crippen LogP contribution is -2.63. The van der Waals surface area contributed by atoms with Crippen LogP contribution in [0.5, 0.6) is 0 Å². The van der Waals surface area contributed by atoms with Crippen LogP contribution in [0.4, 0.5) is 5.82 Å². The molecule has 2 atom stereocenters. The normalized spacial score (nSPS) is 29.3. The Morgan fingerprint density at radius 1 is 1.39 bits per heavy atom. The Morgan fingerprint density at radius 3 is 3.00 bits per heavy atom. The lowest BCUT2D eigenvalue weighted by Gasteiger charge is -2.48. The van der Waals surface area contributed by atoms with Crippen LogP contribution >= 0.6 is 0 Å². The number of nitrogens with one attached hydrogen (secondary N) is 1. The number of ether oxygens (including phenoxy) is 1. The lowest BCUT2D eigenvalue weighted by molar-refractivity contribution is -0.120. The molecule has 1 N–H and O–H groups in total. The molecule has 1 aliphatic carbocycles. The number of aromatic nitrogens is 2. The molecule has 3 aliphatic rings. The Labute approximate surface area is 136 Å². The quantitative estimate of drug-likeness (QED) is 0.856. The Kier molecular flexibility index (Phi) is 4.09. The molecule has 1 aromatic heterocycles. The summed E-state index contributed by atoms with van der Waals surface area (Å²) < 4.78 is 7.51. The summed E-state index contributed by atoms with van der Waals surface area (Å²) in [4.78, 5) is 17.1. The highest BCUT2D eigenvalue weighted by Gasteiger charge is 2.42. The Hall–Kier alpha value is -1.44. The van der Waals surface area contributed by atoms with Gasteiger partial charge in [0.1, 0.15) is 0 Å². The summed E-state index contributed by atoms with van der Waals surface area (Å²) in [6.45, 7) is 5.03. The molecule has 2 aliphatic heterocycles. The largest absolute Gasteiger partial charge is 0.378 e. The number of morpholine rings is 1. The molecule has 23 heavy (non-hydrogen) atoms. The molecule has 3 fully saturated rings. The fourth-order valence-corrected chi connectivity index (χ4v) is 3.84. The maximum absolute atomic E-state index is 12.2. The molecule has 0 aromatic carbocycles. The molecule has 2 saturated heterocycles. The number of hydrogen-bond acceptors (Lipinski definition) is 5. The van der Waals surface area contributed by atoms with Gasteiger partial charge in [0.05, 0.1) is 19.8 Å². The fraction of sp³-hybridized carbons (Fsp3) is 0.750. The zero-order valence-electron chi connectivity index (χ0n) is 13.6. The number of nitrogens with zero attached hydrogens (tertiary/aromatic N) is 4. The van der Waals surface area contributed by atoms with Crippen LogP contribution in [0.2, 0.25) is 0 Å². The van der Waals surface area contributed by atoms with Gasteiger partial charge >= 0.3 is 0 Å². The highest BCUT2D eigenvalue weighted by atomic mass is 16.5. The Bertz CT molecular complexity index is 571. The van der Waals surface area contributed by atoms with Gasteiger partial charge in [-0.2, -0.15) is 5.10 Å². The van der Waals surface area contributed by atoms with E-state index in [9.17, 15) is 4.79 Å². The fourth-order valence-electron chi connectivity index (χ4n) is 3.84. The molecule has 3 heterocycles. The summed E-state index contributed by atoms with van der Waals surface area (Å²) in [5.74, 6) is 1.47. The number of fused-ring (bicyclic) bond motifs is 1. The summed E-state index contributed by atoms with van der Waals surface area (Å²) in [7, 11) is 1.84. The molecule has 1 saturated carbocycles. The van der Waals surface area contributed by atoms with Gasteiger partial charge in [-0.25, -0.2) is 0 Å². The van der Waals surface area contributed by atoms with Crippen molar-refractivity contribution in [3.63, 3.8) is 0 Å².